The molecule has 0 aliphatic carbocycles. The van der Waals surface area contributed by atoms with E-state index in [9.17, 15) is 9.59 Å². The van der Waals surface area contributed by atoms with Crippen molar-refractivity contribution in [3.8, 4) is 0 Å². The van der Waals surface area contributed by atoms with E-state index in [1.54, 1.807) is 18.2 Å². The zero-order valence-corrected chi connectivity index (χ0v) is 17.0. The van der Waals surface area contributed by atoms with Crippen LogP contribution in [0.5, 0.6) is 0 Å². The highest BCUT2D eigenvalue weighted by atomic mass is 16.2. The number of carbonyl (C=O) groups is 2. The van der Waals surface area contributed by atoms with Crippen LogP contribution in [0.1, 0.15) is 54.0 Å². The molecule has 0 radical (unpaired) electrons. The number of nitrogens with one attached hydrogen (secondary N) is 2. The molecule has 0 unspecified atom stereocenters. The zero-order valence-electron chi connectivity index (χ0n) is 17.0. The minimum absolute atomic E-state index is 0.131. The first-order valence-corrected chi connectivity index (χ1v) is 9.39. The summed E-state index contributed by atoms with van der Waals surface area (Å²) in [5, 5.41) is 6.45. The van der Waals surface area contributed by atoms with Crippen LogP contribution < -0.4 is 10.6 Å². The van der Waals surface area contributed by atoms with Crippen LogP contribution >= 0.6 is 0 Å². The number of benzene rings is 1. The summed E-state index contributed by atoms with van der Waals surface area (Å²) in [5.41, 5.74) is 2.64. The van der Waals surface area contributed by atoms with Crippen LogP contribution in [-0.2, 0) is 5.54 Å². The van der Waals surface area contributed by atoms with E-state index >= 15 is 0 Å². The second kappa shape index (κ2) is 7.46. The van der Waals surface area contributed by atoms with Gasteiger partial charge in [-0.3, -0.25) is 9.59 Å². The molecule has 0 aliphatic heterocycles. The number of carbonyl (C=O) groups excluding carboxylic acids is 2. The summed E-state index contributed by atoms with van der Waals surface area (Å²) < 4.78 is 1.97. The van der Waals surface area contributed by atoms with Crippen molar-refractivity contribution in [2.75, 3.05) is 11.9 Å². The minimum Gasteiger partial charge on any atom is -0.352 e. The van der Waals surface area contributed by atoms with Crippen LogP contribution in [0, 0.1) is 6.92 Å². The van der Waals surface area contributed by atoms with Gasteiger partial charge in [-0.15, -0.1) is 0 Å². The smallest absolute Gasteiger partial charge is 0.256 e. The molecule has 0 spiro atoms. The van der Waals surface area contributed by atoms with Gasteiger partial charge in [-0.25, -0.2) is 4.98 Å². The van der Waals surface area contributed by atoms with Gasteiger partial charge in [0.15, 0.2) is 0 Å². The van der Waals surface area contributed by atoms with E-state index in [4.69, 9.17) is 0 Å². The van der Waals surface area contributed by atoms with E-state index < -0.39 is 0 Å². The van der Waals surface area contributed by atoms with Gasteiger partial charge in [0, 0.05) is 29.2 Å². The lowest BCUT2D eigenvalue weighted by Gasteiger charge is -2.22. The van der Waals surface area contributed by atoms with Gasteiger partial charge < -0.3 is 15.2 Å². The van der Waals surface area contributed by atoms with Gasteiger partial charge in [-0.1, -0.05) is 17.7 Å². The van der Waals surface area contributed by atoms with Crippen LogP contribution in [-0.4, -0.2) is 27.9 Å². The molecule has 2 heterocycles. The lowest BCUT2D eigenvalue weighted by atomic mass is 10.1. The number of hydrogen-bond acceptors (Lipinski definition) is 3. The van der Waals surface area contributed by atoms with E-state index in [0.29, 0.717) is 29.1 Å². The molecule has 3 rings (SSSR count). The van der Waals surface area contributed by atoms with Crippen LogP contribution in [0.3, 0.4) is 0 Å². The fourth-order valence-corrected chi connectivity index (χ4v) is 3.01. The van der Waals surface area contributed by atoms with Gasteiger partial charge in [-0.2, -0.15) is 0 Å². The first-order chi connectivity index (χ1) is 13.2. The highest BCUT2D eigenvalue weighted by Gasteiger charge is 2.23. The number of aromatic nitrogens is 2. The molecule has 2 amide bonds. The quantitative estimate of drug-likeness (QED) is 0.718. The van der Waals surface area contributed by atoms with E-state index in [1.807, 2.05) is 63.6 Å². The third kappa shape index (κ3) is 3.91. The Kier molecular flexibility index (Phi) is 5.23. The third-order valence-corrected chi connectivity index (χ3v) is 4.51. The molecule has 1 aromatic carbocycles. The second-order valence-corrected chi connectivity index (χ2v) is 7.83. The second-order valence-electron chi connectivity index (χ2n) is 7.83. The lowest BCUT2D eigenvalue weighted by Crippen LogP contribution is -2.23. The predicted molar refractivity (Wildman–Crippen MR) is 112 cm³/mol. The third-order valence-electron chi connectivity index (χ3n) is 4.51. The maximum Gasteiger partial charge on any atom is 0.256 e. The Labute approximate surface area is 165 Å². The van der Waals surface area contributed by atoms with E-state index in [0.717, 1.165) is 10.9 Å². The maximum atomic E-state index is 12.5. The molecule has 6 heteroatoms. The average molecular weight is 378 g/mol. The molecule has 2 aromatic heterocycles. The summed E-state index contributed by atoms with van der Waals surface area (Å²) in [6.45, 7) is 10.6. The highest BCUT2D eigenvalue weighted by Crippen LogP contribution is 2.28. The van der Waals surface area contributed by atoms with Crippen LogP contribution in [0.15, 0.2) is 42.6 Å². The normalized spacial score (nSPS) is 11.5. The van der Waals surface area contributed by atoms with E-state index in [-0.39, 0.29) is 17.4 Å². The number of pyridine rings is 1. The highest BCUT2D eigenvalue weighted by molar-refractivity contribution is 6.07. The van der Waals surface area contributed by atoms with Crippen molar-refractivity contribution >= 4 is 28.7 Å². The molecule has 0 atom stereocenters. The molecule has 6 nitrogen and oxygen atoms in total. The van der Waals surface area contributed by atoms with Crippen LogP contribution in [0.25, 0.3) is 11.0 Å². The van der Waals surface area contributed by atoms with Crippen molar-refractivity contribution in [2.45, 2.75) is 40.2 Å². The summed E-state index contributed by atoms with van der Waals surface area (Å²) in [4.78, 5) is 29.6. The minimum atomic E-state index is -0.268. The molecule has 146 valence electrons. The van der Waals surface area contributed by atoms with Crippen molar-refractivity contribution in [1.29, 1.82) is 0 Å². The Bertz CT molecular complexity index is 1030. The Morgan fingerprint density at radius 3 is 2.32 bits per heavy atom. The molecule has 0 aliphatic rings. The van der Waals surface area contributed by atoms with E-state index in [2.05, 4.69) is 15.6 Å². The molecule has 0 saturated carbocycles. The van der Waals surface area contributed by atoms with Crippen molar-refractivity contribution < 1.29 is 9.59 Å². The summed E-state index contributed by atoms with van der Waals surface area (Å²) in [6.07, 6.45) is 1.83. The summed E-state index contributed by atoms with van der Waals surface area (Å²) in [7, 11) is 0. The number of anilines is 1. The molecular weight excluding hydrogens is 352 g/mol. The molecular formula is C22H26N4O2. The topological polar surface area (TPSA) is 76.0 Å². The van der Waals surface area contributed by atoms with Crippen molar-refractivity contribution in [2.24, 2.45) is 0 Å². The summed E-state index contributed by atoms with van der Waals surface area (Å²) >= 11 is 0. The largest absolute Gasteiger partial charge is 0.352 e. The SMILES string of the molecule is CCNC(=O)c1cn(C(C)(C)C)c2nc(NC(=O)c3ccc(C)cc3)ccc12. The van der Waals surface area contributed by atoms with Crippen molar-refractivity contribution in [3.05, 3.63) is 59.3 Å². The number of amides is 2. The molecule has 0 saturated heterocycles. The molecule has 0 fully saturated rings. The average Bonchev–Trinajstić information content (AvgIpc) is 3.01. The van der Waals surface area contributed by atoms with Gasteiger partial charge in [-0.05, 0) is 58.9 Å². The van der Waals surface area contributed by atoms with Crippen molar-refractivity contribution in [1.82, 2.24) is 14.9 Å². The van der Waals surface area contributed by atoms with Gasteiger partial charge in [0.25, 0.3) is 11.8 Å². The number of rotatable bonds is 4. The Morgan fingerprint density at radius 2 is 1.71 bits per heavy atom. The van der Waals surface area contributed by atoms with Crippen LogP contribution in [0.4, 0.5) is 5.82 Å². The van der Waals surface area contributed by atoms with Gasteiger partial charge >= 0.3 is 0 Å². The first kappa shape index (κ1) is 19.6. The summed E-state index contributed by atoms with van der Waals surface area (Å²) in [5.74, 6) is 0.0996. The number of fused-ring (bicyclic) bond motifs is 1. The first-order valence-electron chi connectivity index (χ1n) is 9.39. The number of aryl methyl sites for hydroxylation is 1. The monoisotopic (exact) mass is 378 g/mol. The number of nitrogens with zero attached hydrogens (tertiary/aromatic N) is 2. The Balaban J connectivity index is 2.01. The fraction of sp³-hybridized carbons (Fsp3) is 0.318. The molecule has 0 bridgehead atoms. The number of hydrogen-bond donors (Lipinski definition) is 2. The van der Waals surface area contributed by atoms with E-state index in [1.165, 1.54) is 0 Å². The standard InChI is InChI=1S/C22H26N4O2/c1-6-23-21(28)17-13-26(22(3,4)5)19-16(17)11-12-18(24-19)25-20(27)15-9-7-14(2)8-10-15/h7-13H,6H2,1-5H3,(H,23,28)(H,24,25,27). The molecule has 28 heavy (non-hydrogen) atoms. The van der Waals surface area contributed by atoms with Gasteiger partial charge in [0.1, 0.15) is 11.5 Å². The zero-order chi connectivity index (χ0) is 20.5. The summed E-state index contributed by atoms with van der Waals surface area (Å²) in [6, 6.07) is 10.9. The van der Waals surface area contributed by atoms with Crippen molar-refractivity contribution in [3.63, 3.8) is 0 Å². The van der Waals surface area contributed by atoms with Gasteiger partial charge in [0.05, 0.1) is 5.56 Å². The predicted octanol–water partition coefficient (Wildman–Crippen LogP) is 4.10. The van der Waals surface area contributed by atoms with Crippen LogP contribution in [0.2, 0.25) is 0 Å². The molecule has 3 aromatic rings. The Hall–Kier alpha value is -3.15. The molecule has 2 N–H and O–H groups in total. The fourth-order valence-electron chi connectivity index (χ4n) is 3.01. The maximum absolute atomic E-state index is 12.5. The Morgan fingerprint density at radius 1 is 1.04 bits per heavy atom. The van der Waals surface area contributed by atoms with Gasteiger partial charge in [0.2, 0.25) is 0 Å². The lowest BCUT2D eigenvalue weighted by molar-refractivity contribution is 0.0956.